The number of rotatable bonds is 5. The largest absolute Gasteiger partial charge is 0.444 e. The van der Waals surface area contributed by atoms with Crippen molar-refractivity contribution in [2.75, 3.05) is 18.0 Å². The average Bonchev–Trinajstić information content (AvgIpc) is 3.46. The molecule has 1 saturated heterocycles. The van der Waals surface area contributed by atoms with Crippen LogP contribution >= 0.6 is 0 Å². The molecular formula is C29H36N8O4. The van der Waals surface area contributed by atoms with E-state index in [1.54, 1.807) is 18.5 Å². The van der Waals surface area contributed by atoms with Crippen LogP contribution in [0.3, 0.4) is 0 Å². The predicted octanol–water partition coefficient (Wildman–Crippen LogP) is 2.35. The van der Waals surface area contributed by atoms with Crippen LogP contribution in [0.5, 0.6) is 0 Å². The second-order valence-corrected chi connectivity index (χ2v) is 11.3. The molecule has 1 N–H and O–H groups in total. The molecule has 0 bridgehead atoms. The molecule has 3 aromatic heterocycles. The van der Waals surface area contributed by atoms with Crippen molar-refractivity contribution in [3.05, 3.63) is 50.9 Å². The Morgan fingerprint density at radius 3 is 2.59 bits per heavy atom. The van der Waals surface area contributed by atoms with Crippen LogP contribution in [-0.4, -0.2) is 59.1 Å². The van der Waals surface area contributed by atoms with Gasteiger partial charge in [-0.15, -0.1) is 5.92 Å². The van der Waals surface area contributed by atoms with Gasteiger partial charge in [-0.2, -0.15) is 4.98 Å². The van der Waals surface area contributed by atoms with Crippen LogP contribution in [0.25, 0.3) is 22.2 Å². The minimum Gasteiger partial charge on any atom is -0.444 e. The molecule has 1 unspecified atom stereocenters. The van der Waals surface area contributed by atoms with Crippen molar-refractivity contribution < 1.29 is 9.53 Å². The summed E-state index contributed by atoms with van der Waals surface area (Å²) in [7, 11) is 3.49. The number of aromatic nitrogens is 6. The molecule has 4 aromatic rings. The lowest BCUT2D eigenvalue weighted by Gasteiger charge is -2.34. The van der Waals surface area contributed by atoms with Gasteiger partial charge in [0.05, 0.1) is 24.1 Å². The minimum atomic E-state index is -0.600. The first kappa shape index (κ1) is 28.0. The van der Waals surface area contributed by atoms with E-state index >= 15 is 0 Å². The number of para-hydroxylation sites is 2. The molecule has 1 amide bonds. The fourth-order valence-corrected chi connectivity index (χ4v) is 5.28. The first-order valence-corrected chi connectivity index (χ1v) is 13.7. The van der Waals surface area contributed by atoms with Crippen molar-refractivity contribution in [1.29, 1.82) is 0 Å². The van der Waals surface area contributed by atoms with E-state index in [-0.39, 0.29) is 24.8 Å². The summed E-state index contributed by atoms with van der Waals surface area (Å²) in [6.45, 7) is 8.60. The summed E-state index contributed by atoms with van der Waals surface area (Å²) in [5, 5.41) is 2.96. The van der Waals surface area contributed by atoms with Crippen LogP contribution in [0.15, 0.2) is 33.9 Å². The third-order valence-electron chi connectivity index (χ3n) is 7.23. The van der Waals surface area contributed by atoms with Crippen LogP contribution in [0, 0.1) is 11.8 Å². The molecule has 41 heavy (non-hydrogen) atoms. The van der Waals surface area contributed by atoms with Crippen LogP contribution < -0.4 is 21.5 Å². The van der Waals surface area contributed by atoms with E-state index < -0.39 is 22.9 Å². The zero-order valence-electron chi connectivity index (χ0n) is 24.4. The summed E-state index contributed by atoms with van der Waals surface area (Å²) < 4.78 is 11.7. The number of carbonyl (C=O) groups is 1. The SMILES string of the molecule is CC#CCn1c(N2CCCC(NC(=O)OC(C)(C)C)C2)nc2c1c(=O)n(Cc1nc3ccccc3n1C)c(=O)n2C. The number of fused-ring (bicyclic) bond motifs is 2. The number of nitrogens with one attached hydrogen (secondary N) is 1. The molecule has 0 saturated carbocycles. The first-order valence-electron chi connectivity index (χ1n) is 13.7. The predicted molar refractivity (Wildman–Crippen MR) is 157 cm³/mol. The highest BCUT2D eigenvalue weighted by molar-refractivity contribution is 5.76. The number of aryl methyl sites for hydroxylation is 2. The van der Waals surface area contributed by atoms with Gasteiger partial charge in [-0.25, -0.2) is 14.6 Å². The Hall–Kier alpha value is -4.53. The third kappa shape index (κ3) is 5.44. The number of piperidine rings is 1. The van der Waals surface area contributed by atoms with Crippen LogP contribution in [0.2, 0.25) is 0 Å². The molecule has 1 fully saturated rings. The molecule has 0 aliphatic carbocycles. The van der Waals surface area contributed by atoms with Gasteiger partial charge in [0.25, 0.3) is 5.56 Å². The van der Waals surface area contributed by atoms with Crippen LogP contribution in [-0.2, 0) is 31.9 Å². The van der Waals surface area contributed by atoms with Gasteiger partial charge in [-0.05, 0) is 52.7 Å². The minimum absolute atomic E-state index is 0.0121. The number of amides is 1. The van der Waals surface area contributed by atoms with E-state index in [1.165, 1.54) is 9.13 Å². The van der Waals surface area contributed by atoms with Crippen molar-refractivity contribution in [2.45, 2.75) is 65.3 Å². The summed E-state index contributed by atoms with van der Waals surface area (Å²) in [6, 6.07) is 7.51. The Kier molecular flexibility index (Phi) is 7.38. The van der Waals surface area contributed by atoms with Gasteiger partial charge in [0.1, 0.15) is 11.4 Å². The summed E-state index contributed by atoms with van der Waals surface area (Å²) >= 11 is 0. The topological polar surface area (TPSA) is 121 Å². The monoisotopic (exact) mass is 560 g/mol. The summed E-state index contributed by atoms with van der Waals surface area (Å²) in [5.41, 5.74) is 0.766. The Morgan fingerprint density at radius 1 is 1.12 bits per heavy atom. The highest BCUT2D eigenvalue weighted by atomic mass is 16.6. The fraction of sp³-hybridized carbons (Fsp3) is 0.483. The molecule has 1 aliphatic heterocycles. The van der Waals surface area contributed by atoms with Gasteiger partial charge in [0.15, 0.2) is 11.2 Å². The molecule has 4 heterocycles. The number of hydrogen-bond acceptors (Lipinski definition) is 7. The van der Waals surface area contributed by atoms with E-state index in [9.17, 15) is 14.4 Å². The van der Waals surface area contributed by atoms with E-state index in [4.69, 9.17) is 9.72 Å². The van der Waals surface area contributed by atoms with Crippen molar-refractivity contribution >= 4 is 34.2 Å². The maximum Gasteiger partial charge on any atom is 0.407 e. The number of anilines is 1. The molecule has 0 radical (unpaired) electrons. The van der Waals surface area contributed by atoms with Crippen molar-refractivity contribution in [3.8, 4) is 11.8 Å². The van der Waals surface area contributed by atoms with E-state index in [2.05, 4.69) is 22.1 Å². The molecule has 216 valence electrons. The molecule has 12 heteroatoms. The van der Waals surface area contributed by atoms with Crippen molar-refractivity contribution in [3.63, 3.8) is 0 Å². The lowest BCUT2D eigenvalue weighted by molar-refractivity contribution is 0.0499. The number of carbonyl (C=O) groups excluding carboxylic acids is 1. The average molecular weight is 561 g/mol. The molecule has 1 aliphatic rings. The van der Waals surface area contributed by atoms with Crippen molar-refractivity contribution in [2.24, 2.45) is 14.1 Å². The molecule has 1 aromatic carbocycles. The number of benzene rings is 1. The summed E-state index contributed by atoms with van der Waals surface area (Å²) in [6.07, 6.45) is 1.12. The smallest absolute Gasteiger partial charge is 0.407 e. The summed E-state index contributed by atoms with van der Waals surface area (Å²) in [5.74, 6) is 7.08. The van der Waals surface area contributed by atoms with Crippen LogP contribution in [0.4, 0.5) is 10.7 Å². The van der Waals surface area contributed by atoms with E-state index in [0.717, 1.165) is 23.9 Å². The lowest BCUT2D eigenvalue weighted by Crippen LogP contribution is -2.49. The molecule has 0 spiro atoms. The van der Waals surface area contributed by atoms with Gasteiger partial charge >= 0.3 is 11.8 Å². The number of imidazole rings is 2. The fourth-order valence-electron chi connectivity index (χ4n) is 5.28. The lowest BCUT2D eigenvalue weighted by atomic mass is 10.1. The van der Waals surface area contributed by atoms with Crippen LogP contribution in [0.1, 0.15) is 46.4 Å². The first-order chi connectivity index (χ1) is 19.5. The quantitative estimate of drug-likeness (QED) is 0.372. The second-order valence-electron chi connectivity index (χ2n) is 11.3. The Labute approximate surface area is 237 Å². The van der Waals surface area contributed by atoms with Gasteiger partial charge in [-0.1, -0.05) is 18.1 Å². The number of alkyl carbamates (subject to hydrolysis) is 1. The number of ether oxygens (including phenoxy) is 1. The number of nitrogens with zero attached hydrogens (tertiary/aromatic N) is 7. The van der Waals surface area contributed by atoms with E-state index in [1.807, 2.05) is 61.6 Å². The third-order valence-corrected chi connectivity index (χ3v) is 7.23. The Balaban J connectivity index is 1.56. The Morgan fingerprint density at radius 2 is 1.88 bits per heavy atom. The number of hydrogen-bond donors (Lipinski definition) is 1. The normalized spacial score (nSPS) is 15.7. The molecule has 1 atom stereocenters. The standard InChI is InChI=1S/C29H36N8O4/c1-7-8-16-36-23-24(32-26(36)35-15-11-12-19(17-35)30-27(39)41-29(2,3)4)34(6)28(40)37(25(23)38)18-22-31-20-13-9-10-14-21(20)33(22)5/h9-10,13-14,19H,11-12,15-18H2,1-6H3,(H,30,39). The second kappa shape index (κ2) is 10.8. The molecule has 5 rings (SSSR count). The highest BCUT2D eigenvalue weighted by Crippen LogP contribution is 2.24. The van der Waals surface area contributed by atoms with Gasteiger partial charge < -0.3 is 19.5 Å². The maximum atomic E-state index is 14.0. The zero-order chi connectivity index (χ0) is 29.5. The maximum absolute atomic E-state index is 14.0. The highest BCUT2D eigenvalue weighted by Gasteiger charge is 2.29. The van der Waals surface area contributed by atoms with E-state index in [0.29, 0.717) is 30.4 Å². The molecular weight excluding hydrogens is 524 g/mol. The Bertz CT molecular complexity index is 1810. The van der Waals surface area contributed by atoms with Gasteiger partial charge in [0.2, 0.25) is 5.95 Å². The van der Waals surface area contributed by atoms with Crippen molar-refractivity contribution in [1.82, 2.24) is 33.6 Å². The van der Waals surface area contributed by atoms with Gasteiger partial charge in [0, 0.05) is 33.2 Å². The van der Waals surface area contributed by atoms with Gasteiger partial charge in [-0.3, -0.25) is 18.5 Å². The molecule has 12 nitrogen and oxygen atoms in total. The summed E-state index contributed by atoms with van der Waals surface area (Å²) in [4.78, 5) is 51.4. The zero-order valence-corrected chi connectivity index (χ0v) is 24.4.